The third-order valence-electron chi connectivity index (χ3n) is 1.48. The van der Waals surface area contributed by atoms with Gasteiger partial charge < -0.3 is 9.84 Å². The minimum atomic E-state index is -0.838. The molecule has 0 aliphatic rings. The molecule has 0 saturated carbocycles. The first kappa shape index (κ1) is 9.67. The Balaban J connectivity index is 2.17. The number of ether oxygens (including phenoxy) is 1. The summed E-state index contributed by atoms with van der Waals surface area (Å²) in [5.74, 6) is -0.838. The molecule has 0 aromatic carbocycles. The number of rotatable bonds is 5. The van der Waals surface area contributed by atoms with Gasteiger partial charge in [-0.15, -0.1) is 0 Å². The molecule has 0 unspecified atom stereocenters. The highest BCUT2D eigenvalue weighted by atomic mass is 16.5. The van der Waals surface area contributed by atoms with Gasteiger partial charge in [-0.2, -0.15) is 0 Å². The number of pyridine rings is 1. The van der Waals surface area contributed by atoms with Crippen LogP contribution in [0.1, 0.15) is 12.0 Å². The minimum absolute atomic E-state index is 0.0467. The molecule has 0 bridgehead atoms. The van der Waals surface area contributed by atoms with E-state index in [4.69, 9.17) is 9.84 Å². The normalized spacial score (nSPS) is 9.85. The molecule has 1 heterocycles. The monoisotopic (exact) mass is 181 g/mol. The van der Waals surface area contributed by atoms with E-state index in [1.54, 1.807) is 12.4 Å². The molecule has 0 aliphatic carbocycles. The lowest BCUT2D eigenvalue weighted by Crippen LogP contribution is -2.02. The maximum Gasteiger partial charge on any atom is 0.305 e. The van der Waals surface area contributed by atoms with E-state index in [0.717, 1.165) is 5.56 Å². The van der Waals surface area contributed by atoms with E-state index in [9.17, 15) is 4.79 Å². The number of carbonyl (C=O) groups is 1. The molecule has 0 aliphatic heterocycles. The summed E-state index contributed by atoms with van der Waals surface area (Å²) < 4.78 is 5.12. The molecule has 1 aromatic heterocycles. The van der Waals surface area contributed by atoms with E-state index in [-0.39, 0.29) is 13.0 Å². The Hall–Kier alpha value is -1.42. The summed E-state index contributed by atoms with van der Waals surface area (Å²) in [4.78, 5) is 14.0. The van der Waals surface area contributed by atoms with Crippen LogP contribution in [0.3, 0.4) is 0 Å². The molecule has 4 nitrogen and oxygen atoms in total. The van der Waals surface area contributed by atoms with Crippen molar-refractivity contribution in [2.45, 2.75) is 13.0 Å². The summed E-state index contributed by atoms with van der Waals surface area (Å²) in [6, 6.07) is 3.67. The maximum atomic E-state index is 10.1. The predicted octanol–water partition coefficient (Wildman–Crippen LogP) is 1.07. The predicted molar refractivity (Wildman–Crippen MR) is 46.1 cm³/mol. The lowest BCUT2D eigenvalue weighted by Gasteiger charge is -2.01. The van der Waals surface area contributed by atoms with Gasteiger partial charge in [-0.3, -0.25) is 9.78 Å². The first-order valence-electron chi connectivity index (χ1n) is 3.97. The Labute approximate surface area is 76.2 Å². The summed E-state index contributed by atoms with van der Waals surface area (Å²) in [7, 11) is 0. The molecular weight excluding hydrogens is 170 g/mol. The maximum absolute atomic E-state index is 10.1. The standard InChI is InChI=1S/C9H11NO3/c11-9(12)3-6-13-7-8-1-4-10-5-2-8/h1-2,4-5H,3,6-7H2,(H,11,12). The molecule has 0 radical (unpaired) electrons. The fraction of sp³-hybridized carbons (Fsp3) is 0.333. The van der Waals surface area contributed by atoms with Crippen LogP contribution in [-0.4, -0.2) is 22.7 Å². The number of carboxylic acids is 1. The summed E-state index contributed by atoms with van der Waals surface area (Å²) in [6.07, 6.45) is 3.40. The zero-order valence-electron chi connectivity index (χ0n) is 7.14. The van der Waals surface area contributed by atoms with Crippen molar-refractivity contribution >= 4 is 5.97 Å². The van der Waals surface area contributed by atoms with Gasteiger partial charge in [0.2, 0.25) is 0 Å². The van der Waals surface area contributed by atoms with Crippen LogP contribution in [0, 0.1) is 0 Å². The van der Waals surface area contributed by atoms with Crippen LogP contribution in [0.15, 0.2) is 24.5 Å². The summed E-state index contributed by atoms with van der Waals surface area (Å²) in [5, 5.41) is 8.32. The third-order valence-corrected chi connectivity index (χ3v) is 1.48. The fourth-order valence-corrected chi connectivity index (χ4v) is 0.829. The molecule has 0 atom stereocenters. The Morgan fingerprint density at radius 2 is 2.15 bits per heavy atom. The van der Waals surface area contributed by atoms with E-state index < -0.39 is 5.97 Å². The zero-order valence-corrected chi connectivity index (χ0v) is 7.14. The fourth-order valence-electron chi connectivity index (χ4n) is 0.829. The first-order chi connectivity index (χ1) is 6.29. The van der Waals surface area contributed by atoms with Gasteiger partial charge in [0.1, 0.15) is 0 Å². The lowest BCUT2D eigenvalue weighted by atomic mass is 10.3. The number of nitrogens with zero attached hydrogens (tertiary/aromatic N) is 1. The molecule has 1 rings (SSSR count). The number of hydrogen-bond acceptors (Lipinski definition) is 3. The highest BCUT2D eigenvalue weighted by molar-refractivity contribution is 5.66. The van der Waals surface area contributed by atoms with Crippen molar-refractivity contribution in [3.63, 3.8) is 0 Å². The molecule has 70 valence electrons. The van der Waals surface area contributed by atoms with Crippen LogP contribution in [0.4, 0.5) is 0 Å². The highest BCUT2D eigenvalue weighted by Crippen LogP contribution is 1.98. The van der Waals surface area contributed by atoms with Crippen molar-refractivity contribution in [1.29, 1.82) is 0 Å². The van der Waals surface area contributed by atoms with Gasteiger partial charge in [-0.1, -0.05) is 0 Å². The van der Waals surface area contributed by atoms with Crippen molar-refractivity contribution in [2.75, 3.05) is 6.61 Å². The van der Waals surface area contributed by atoms with Gasteiger partial charge >= 0.3 is 5.97 Å². The zero-order chi connectivity index (χ0) is 9.52. The van der Waals surface area contributed by atoms with Gasteiger partial charge in [0, 0.05) is 12.4 Å². The van der Waals surface area contributed by atoms with Crippen LogP contribution >= 0.6 is 0 Å². The minimum Gasteiger partial charge on any atom is -0.481 e. The van der Waals surface area contributed by atoms with Crippen LogP contribution in [0.25, 0.3) is 0 Å². The second-order valence-electron chi connectivity index (χ2n) is 2.55. The number of hydrogen-bond donors (Lipinski definition) is 1. The van der Waals surface area contributed by atoms with E-state index in [1.807, 2.05) is 12.1 Å². The Kier molecular flexibility index (Phi) is 3.92. The van der Waals surface area contributed by atoms with E-state index in [2.05, 4.69) is 4.98 Å². The van der Waals surface area contributed by atoms with E-state index in [0.29, 0.717) is 6.61 Å². The van der Waals surface area contributed by atoms with Crippen molar-refractivity contribution in [1.82, 2.24) is 4.98 Å². The van der Waals surface area contributed by atoms with Gasteiger partial charge in [-0.25, -0.2) is 0 Å². The molecule has 13 heavy (non-hydrogen) atoms. The second kappa shape index (κ2) is 5.27. The van der Waals surface area contributed by atoms with Gasteiger partial charge in [0.15, 0.2) is 0 Å². The molecule has 0 amide bonds. The number of aliphatic carboxylic acids is 1. The molecule has 1 N–H and O–H groups in total. The van der Waals surface area contributed by atoms with Gasteiger partial charge in [0.25, 0.3) is 0 Å². The molecule has 1 aromatic rings. The van der Waals surface area contributed by atoms with Crippen molar-refractivity contribution in [2.24, 2.45) is 0 Å². The average molecular weight is 181 g/mol. The highest BCUT2D eigenvalue weighted by Gasteiger charge is 1.96. The van der Waals surface area contributed by atoms with Crippen molar-refractivity contribution in [3.05, 3.63) is 30.1 Å². The van der Waals surface area contributed by atoms with Crippen LogP contribution < -0.4 is 0 Å². The Morgan fingerprint density at radius 3 is 2.77 bits per heavy atom. The third kappa shape index (κ3) is 4.22. The summed E-state index contributed by atoms with van der Waals surface area (Å²) in [5.41, 5.74) is 1.00. The van der Waals surface area contributed by atoms with Gasteiger partial charge in [0.05, 0.1) is 19.6 Å². The summed E-state index contributed by atoms with van der Waals surface area (Å²) in [6.45, 7) is 0.688. The Morgan fingerprint density at radius 1 is 1.46 bits per heavy atom. The molecular formula is C9H11NO3. The van der Waals surface area contributed by atoms with E-state index >= 15 is 0 Å². The van der Waals surface area contributed by atoms with Crippen molar-refractivity contribution < 1.29 is 14.6 Å². The first-order valence-corrected chi connectivity index (χ1v) is 3.97. The topological polar surface area (TPSA) is 59.4 Å². The lowest BCUT2D eigenvalue weighted by molar-refractivity contribution is -0.138. The van der Waals surface area contributed by atoms with Crippen LogP contribution in [0.2, 0.25) is 0 Å². The molecule has 0 spiro atoms. The van der Waals surface area contributed by atoms with Crippen LogP contribution in [-0.2, 0) is 16.1 Å². The molecule has 0 fully saturated rings. The number of carboxylic acid groups (broad SMARTS) is 1. The molecule has 4 heteroatoms. The van der Waals surface area contributed by atoms with E-state index in [1.165, 1.54) is 0 Å². The van der Waals surface area contributed by atoms with Gasteiger partial charge in [-0.05, 0) is 17.7 Å². The smallest absolute Gasteiger partial charge is 0.305 e. The number of aromatic nitrogens is 1. The quantitative estimate of drug-likeness (QED) is 0.690. The largest absolute Gasteiger partial charge is 0.481 e. The average Bonchev–Trinajstić information content (AvgIpc) is 2.14. The Bertz CT molecular complexity index is 261. The van der Waals surface area contributed by atoms with Crippen molar-refractivity contribution in [3.8, 4) is 0 Å². The second-order valence-corrected chi connectivity index (χ2v) is 2.55. The summed E-state index contributed by atoms with van der Waals surface area (Å²) >= 11 is 0. The molecule has 0 saturated heterocycles. The SMILES string of the molecule is O=C(O)CCOCc1ccncc1. The van der Waals surface area contributed by atoms with Crippen LogP contribution in [0.5, 0.6) is 0 Å².